The molecule has 0 saturated carbocycles. The van der Waals surface area contributed by atoms with Crippen LogP contribution in [-0.2, 0) is 16.0 Å². The van der Waals surface area contributed by atoms with Crippen LogP contribution in [0.15, 0.2) is 66.7 Å². The third-order valence-corrected chi connectivity index (χ3v) is 5.23. The van der Waals surface area contributed by atoms with Crippen LogP contribution in [0.5, 0.6) is 0 Å². The highest BCUT2D eigenvalue weighted by Gasteiger charge is 2.30. The molecular weight excluding hydrogens is 336 g/mol. The molecule has 1 N–H and O–H groups in total. The van der Waals surface area contributed by atoms with Gasteiger partial charge in [0.25, 0.3) is 0 Å². The molecule has 1 aliphatic heterocycles. The summed E-state index contributed by atoms with van der Waals surface area (Å²) < 4.78 is 0. The van der Waals surface area contributed by atoms with Gasteiger partial charge in [-0.3, -0.25) is 9.59 Å². The van der Waals surface area contributed by atoms with Crippen molar-refractivity contribution in [3.63, 3.8) is 0 Å². The number of fused-ring (bicyclic) bond motifs is 2. The monoisotopic (exact) mass is 358 g/mol. The first kappa shape index (κ1) is 17.3. The van der Waals surface area contributed by atoms with Gasteiger partial charge in [0, 0.05) is 19.2 Å². The van der Waals surface area contributed by atoms with Gasteiger partial charge in [0.2, 0.25) is 11.8 Å². The average Bonchev–Trinajstić information content (AvgIpc) is 2.68. The molecule has 2 amide bonds. The molecule has 0 radical (unpaired) electrons. The Morgan fingerprint density at radius 1 is 1.00 bits per heavy atom. The van der Waals surface area contributed by atoms with E-state index < -0.39 is 0 Å². The maximum atomic E-state index is 12.7. The Kier molecular flexibility index (Phi) is 4.63. The Balaban J connectivity index is 1.55. The van der Waals surface area contributed by atoms with Gasteiger partial charge in [0.1, 0.15) is 0 Å². The maximum absolute atomic E-state index is 12.7. The molecule has 0 aliphatic carbocycles. The Morgan fingerprint density at radius 2 is 1.74 bits per heavy atom. The summed E-state index contributed by atoms with van der Waals surface area (Å²) in [5, 5.41) is 5.22. The van der Waals surface area contributed by atoms with Crippen molar-refractivity contribution in [3.05, 3.63) is 77.9 Å². The number of benzene rings is 3. The van der Waals surface area contributed by atoms with Crippen molar-refractivity contribution in [2.24, 2.45) is 0 Å². The Morgan fingerprint density at radius 3 is 2.56 bits per heavy atom. The lowest BCUT2D eigenvalue weighted by atomic mass is 9.90. The Labute approximate surface area is 158 Å². The minimum atomic E-state index is -0.215. The Bertz CT molecular complexity index is 1010. The lowest BCUT2D eigenvalue weighted by Crippen LogP contribution is -2.40. The van der Waals surface area contributed by atoms with Crippen LogP contribution in [0.25, 0.3) is 10.8 Å². The van der Waals surface area contributed by atoms with Gasteiger partial charge in [-0.25, -0.2) is 0 Å². The second-order valence-electron chi connectivity index (χ2n) is 6.99. The van der Waals surface area contributed by atoms with E-state index in [4.69, 9.17) is 0 Å². The molecule has 136 valence electrons. The largest absolute Gasteiger partial charge is 0.335 e. The number of carbonyl (C=O) groups is 2. The van der Waals surface area contributed by atoms with E-state index in [1.165, 1.54) is 5.56 Å². The molecule has 27 heavy (non-hydrogen) atoms. The zero-order valence-electron chi connectivity index (χ0n) is 15.3. The van der Waals surface area contributed by atoms with Crippen molar-refractivity contribution < 1.29 is 9.59 Å². The van der Waals surface area contributed by atoms with Gasteiger partial charge >= 0.3 is 0 Å². The summed E-state index contributed by atoms with van der Waals surface area (Å²) in [5.41, 5.74) is 3.07. The van der Waals surface area contributed by atoms with Crippen molar-refractivity contribution in [2.45, 2.75) is 25.8 Å². The minimum Gasteiger partial charge on any atom is -0.335 e. The lowest BCUT2D eigenvalue weighted by molar-refractivity contribution is -0.132. The van der Waals surface area contributed by atoms with Gasteiger partial charge in [-0.15, -0.1) is 0 Å². The van der Waals surface area contributed by atoms with Crippen LogP contribution < -0.4 is 5.32 Å². The molecule has 0 fully saturated rings. The van der Waals surface area contributed by atoms with Gasteiger partial charge in [0.05, 0.1) is 12.5 Å². The van der Waals surface area contributed by atoms with Crippen LogP contribution in [0.4, 0.5) is 5.69 Å². The summed E-state index contributed by atoms with van der Waals surface area (Å²) in [4.78, 5) is 26.7. The summed E-state index contributed by atoms with van der Waals surface area (Å²) in [7, 11) is 0. The number of carbonyl (C=O) groups excluding carboxylic acids is 2. The van der Waals surface area contributed by atoms with Crippen LogP contribution in [0.3, 0.4) is 0 Å². The zero-order valence-corrected chi connectivity index (χ0v) is 15.3. The standard InChI is InChI=1S/C23H22N2O2/c1-16(26)25-13-12-18-7-4-5-9-21(18)22(25)15-23(27)24-20-11-10-17-6-2-3-8-19(17)14-20/h2-11,14,22H,12-13,15H2,1H3,(H,24,27). The van der Waals surface area contributed by atoms with Crippen molar-refractivity contribution in [2.75, 3.05) is 11.9 Å². The van der Waals surface area contributed by atoms with Crippen molar-refractivity contribution in [1.82, 2.24) is 4.90 Å². The lowest BCUT2D eigenvalue weighted by Gasteiger charge is -2.36. The molecule has 0 bridgehead atoms. The van der Waals surface area contributed by atoms with E-state index in [9.17, 15) is 9.59 Å². The maximum Gasteiger partial charge on any atom is 0.226 e. The fourth-order valence-corrected chi connectivity index (χ4v) is 3.90. The highest BCUT2D eigenvalue weighted by Crippen LogP contribution is 2.32. The number of nitrogens with one attached hydrogen (secondary N) is 1. The fourth-order valence-electron chi connectivity index (χ4n) is 3.90. The van der Waals surface area contributed by atoms with Crippen LogP contribution in [0.2, 0.25) is 0 Å². The normalized spacial score (nSPS) is 16.0. The molecule has 4 nitrogen and oxygen atoms in total. The van der Waals surface area contributed by atoms with E-state index in [-0.39, 0.29) is 24.3 Å². The smallest absolute Gasteiger partial charge is 0.226 e. The second-order valence-corrected chi connectivity index (χ2v) is 6.99. The average molecular weight is 358 g/mol. The minimum absolute atomic E-state index is 0.00742. The van der Waals surface area contributed by atoms with E-state index >= 15 is 0 Å². The van der Waals surface area contributed by atoms with Crippen molar-refractivity contribution >= 4 is 28.3 Å². The Hall–Kier alpha value is -3.14. The molecule has 4 rings (SSSR count). The summed E-state index contributed by atoms with van der Waals surface area (Å²) >= 11 is 0. The second kappa shape index (κ2) is 7.23. The zero-order chi connectivity index (χ0) is 18.8. The molecular formula is C23H22N2O2. The van der Waals surface area contributed by atoms with Gasteiger partial charge in [-0.05, 0) is 40.5 Å². The molecule has 0 aromatic heterocycles. The molecule has 1 atom stereocenters. The predicted molar refractivity (Wildman–Crippen MR) is 107 cm³/mol. The van der Waals surface area contributed by atoms with Crippen LogP contribution in [0, 0.1) is 0 Å². The number of anilines is 1. The van der Waals surface area contributed by atoms with Crippen LogP contribution >= 0.6 is 0 Å². The van der Waals surface area contributed by atoms with E-state index in [1.807, 2.05) is 65.6 Å². The van der Waals surface area contributed by atoms with Gasteiger partial charge in [0.15, 0.2) is 0 Å². The topological polar surface area (TPSA) is 49.4 Å². The number of hydrogen-bond donors (Lipinski definition) is 1. The molecule has 4 heteroatoms. The van der Waals surface area contributed by atoms with Gasteiger partial charge in [-0.2, -0.15) is 0 Å². The van der Waals surface area contributed by atoms with Crippen molar-refractivity contribution in [1.29, 1.82) is 0 Å². The van der Waals surface area contributed by atoms with Gasteiger partial charge < -0.3 is 10.2 Å². The van der Waals surface area contributed by atoms with Crippen LogP contribution in [-0.4, -0.2) is 23.3 Å². The summed E-state index contributed by atoms with van der Waals surface area (Å²) in [6.45, 7) is 2.22. The van der Waals surface area contributed by atoms with E-state index in [0.717, 1.165) is 28.4 Å². The SMILES string of the molecule is CC(=O)N1CCc2ccccc2C1CC(=O)Nc1ccc2ccccc2c1. The van der Waals surface area contributed by atoms with Crippen LogP contribution in [0.1, 0.15) is 30.5 Å². The molecule has 1 unspecified atom stereocenters. The quantitative estimate of drug-likeness (QED) is 0.758. The molecule has 1 heterocycles. The highest BCUT2D eigenvalue weighted by atomic mass is 16.2. The fraction of sp³-hybridized carbons (Fsp3) is 0.217. The first-order valence-corrected chi connectivity index (χ1v) is 9.25. The molecule has 3 aromatic rings. The molecule has 1 aliphatic rings. The van der Waals surface area contributed by atoms with E-state index in [1.54, 1.807) is 6.92 Å². The number of rotatable bonds is 3. The summed E-state index contributed by atoms with van der Waals surface area (Å²) in [5.74, 6) is -0.0776. The van der Waals surface area contributed by atoms with E-state index in [2.05, 4.69) is 11.4 Å². The molecule has 0 saturated heterocycles. The number of hydrogen-bond acceptors (Lipinski definition) is 2. The van der Waals surface area contributed by atoms with Gasteiger partial charge in [-0.1, -0.05) is 54.6 Å². The third kappa shape index (κ3) is 3.56. The summed E-state index contributed by atoms with van der Waals surface area (Å²) in [6, 6.07) is 21.8. The molecule has 0 spiro atoms. The predicted octanol–water partition coefficient (Wildman–Crippen LogP) is 4.31. The van der Waals surface area contributed by atoms with E-state index in [0.29, 0.717) is 6.54 Å². The summed E-state index contributed by atoms with van der Waals surface area (Å²) in [6.07, 6.45) is 1.09. The third-order valence-electron chi connectivity index (χ3n) is 5.23. The number of amides is 2. The molecule has 3 aromatic carbocycles. The highest BCUT2D eigenvalue weighted by molar-refractivity contribution is 5.95. The number of nitrogens with zero attached hydrogens (tertiary/aromatic N) is 1. The van der Waals surface area contributed by atoms with Crippen molar-refractivity contribution in [3.8, 4) is 0 Å². The first-order chi connectivity index (χ1) is 13.1. The first-order valence-electron chi connectivity index (χ1n) is 9.25.